The molecule has 0 bridgehead atoms. The van der Waals surface area contributed by atoms with Gasteiger partial charge in [-0.05, 0) is 0 Å². The number of hydrogen-bond acceptors (Lipinski definition) is 1. The average molecular weight is 243 g/mol. The molecule has 1 nitrogen and oxygen atoms in total. The fourth-order valence-electron chi connectivity index (χ4n) is 2.20. The summed E-state index contributed by atoms with van der Waals surface area (Å²) in [5.41, 5.74) is 1.67. The van der Waals surface area contributed by atoms with Gasteiger partial charge in [0.25, 0.3) is 0 Å². The van der Waals surface area contributed by atoms with E-state index in [0.29, 0.717) is 0 Å². The first-order valence-electron chi connectivity index (χ1n) is 4.74. The second-order valence-electron chi connectivity index (χ2n) is 4.71. The maximum absolute atomic E-state index is 5.82. The summed E-state index contributed by atoms with van der Waals surface area (Å²) >= 11 is -2.48. The monoisotopic (exact) mass is 244 g/mol. The summed E-state index contributed by atoms with van der Waals surface area (Å²) in [4.78, 5) is 0. The standard InChI is InChI=1S/C8H16GeO.CH3.Al/c1-8(5-6-10)7-9(2,3)4;;/h5-6H2,1-4H3;1H3;/q-1;;+1. The molecule has 0 aliphatic carbocycles. The van der Waals surface area contributed by atoms with E-state index in [1.54, 1.807) is 5.57 Å². The van der Waals surface area contributed by atoms with Crippen molar-refractivity contribution in [1.29, 1.82) is 0 Å². The van der Waals surface area contributed by atoms with Gasteiger partial charge in [-0.15, -0.1) is 0 Å². The summed E-state index contributed by atoms with van der Waals surface area (Å²) < 4.78 is 7.64. The zero-order chi connectivity index (χ0) is 9.35. The minimum atomic E-state index is -1.55. The first-order chi connectivity index (χ1) is 5.43. The molecule has 1 rings (SSSR count). The van der Waals surface area contributed by atoms with Crippen LogP contribution in [0.2, 0.25) is 23.1 Å². The van der Waals surface area contributed by atoms with Crippen molar-refractivity contribution in [3.8, 4) is 0 Å². The van der Waals surface area contributed by atoms with Gasteiger partial charge in [0, 0.05) is 0 Å². The molecule has 68 valence electrons. The van der Waals surface area contributed by atoms with E-state index in [0.717, 1.165) is 6.61 Å². The molecule has 12 heavy (non-hydrogen) atoms. The summed E-state index contributed by atoms with van der Waals surface area (Å²) in [5.74, 6) is 9.79. The van der Waals surface area contributed by atoms with Gasteiger partial charge >= 0.3 is 83.4 Å². The minimum absolute atomic E-state index is 0.929. The van der Waals surface area contributed by atoms with Crippen LogP contribution >= 0.6 is 0 Å². The molecular weight excluding hydrogens is 224 g/mol. The van der Waals surface area contributed by atoms with Gasteiger partial charge in [-0.1, -0.05) is 0 Å². The average Bonchev–Trinajstić information content (AvgIpc) is 1.82. The summed E-state index contributed by atoms with van der Waals surface area (Å²) in [6, 6.07) is 0. The van der Waals surface area contributed by atoms with Gasteiger partial charge in [-0.25, -0.2) is 0 Å². The van der Waals surface area contributed by atoms with Crippen molar-refractivity contribution >= 4 is 27.7 Å². The van der Waals surface area contributed by atoms with E-state index in [2.05, 4.69) is 30.0 Å². The van der Waals surface area contributed by atoms with Gasteiger partial charge in [0.15, 0.2) is 0 Å². The van der Waals surface area contributed by atoms with Gasteiger partial charge in [0.05, 0.1) is 0 Å². The summed E-state index contributed by atoms with van der Waals surface area (Å²) in [6.45, 7) is 3.30. The third kappa shape index (κ3) is 2.39. The molecule has 0 aromatic carbocycles. The Morgan fingerprint density at radius 2 is 1.92 bits per heavy atom. The Morgan fingerprint density at radius 1 is 1.33 bits per heavy atom. The number of rotatable bonds is 1. The molecule has 0 fully saturated rings. The van der Waals surface area contributed by atoms with Crippen molar-refractivity contribution in [1.82, 2.24) is 0 Å². The molecule has 0 N–H and O–H groups in total. The van der Waals surface area contributed by atoms with Gasteiger partial charge in [-0.3, -0.25) is 0 Å². The van der Waals surface area contributed by atoms with Crippen LogP contribution in [0.15, 0.2) is 8.84 Å². The van der Waals surface area contributed by atoms with Crippen LogP contribution in [0.25, 0.3) is 0 Å². The zero-order valence-electron chi connectivity index (χ0n) is 8.90. The Kier molecular flexibility index (Phi) is 3.51. The Labute approximate surface area is 83.3 Å². The van der Waals surface area contributed by atoms with Crippen LogP contribution in [0.5, 0.6) is 0 Å². The molecule has 0 aromatic heterocycles. The van der Waals surface area contributed by atoms with E-state index >= 15 is 0 Å². The Morgan fingerprint density at radius 3 is 2.25 bits per heavy atom. The van der Waals surface area contributed by atoms with E-state index < -0.39 is 27.7 Å². The SMILES string of the molecule is CC1=[C]([Ge]([CH3])([CH3])[CH3])[Al]([CH3])[O]CC1. The molecule has 0 saturated heterocycles. The van der Waals surface area contributed by atoms with E-state index in [-0.39, 0.29) is 0 Å². The summed E-state index contributed by atoms with van der Waals surface area (Å²) in [7, 11) is 0. The fraction of sp³-hybridized carbons (Fsp3) is 0.778. The van der Waals surface area contributed by atoms with Crippen molar-refractivity contribution in [2.75, 3.05) is 6.61 Å². The van der Waals surface area contributed by atoms with Crippen LogP contribution in [-0.4, -0.2) is 34.4 Å². The molecule has 1 aliphatic rings. The van der Waals surface area contributed by atoms with Crippen LogP contribution in [-0.2, 0) is 3.79 Å². The second-order valence-corrected chi connectivity index (χ2v) is 18.7. The first-order valence-corrected chi connectivity index (χ1v) is 14.3. The molecular formula is C9H19AlGeO. The molecule has 0 unspecified atom stereocenters. The molecule has 0 spiro atoms. The quantitative estimate of drug-likeness (QED) is 0.643. The molecule has 1 heterocycles. The molecule has 0 amide bonds. The van der Waals surface area contributed by atoms with Crippen LogP contribution in [0.1, 0.15) is 13.3 Å². The third-order valence-corrected chi connectivity index (χ3v) is 15.9. The molecule has 0 saturated carbocycles. The van der Waals surface area contributed by atoms with E-state index in [9.17, 15) is 0 Å². The van der Waals surface area contributed by atoms with Crippen LogP contribution in [0, 0.1) is 0 Å². The maximum atomic E-state index is 5.82. The van der Waals surface area contributed by atoms with Crippen molar-refractivity contribution in [3.05, 3.63) is 8.84 Å². The Bertz CT molecular complexity index is 205. The fourth-order valence-corrected chi connectivity index (χ4v) is 16.0. The topological polar surface area (TPSA) is 9.23 Å². The van der Waals surface area contributed by atoms with Gasteiger partial charge in [0.1, 0.15) is 0 Å². The van der Waals surface area contributed by atoms with Crippen molar-refractivity contribution in [2.24, 2.45) is 0 Å². The predicted molar refractivity (Wildman–Crippen MR) is 58.2 cm³/mol. The summed E-state index contributed by atoms with van der Waals surface area (Å²) in [5, 5.41) is 0. The molecule has 0 radical (unpaired) electrons. The predicted octanol–water partition coefficient (Wildman–Crippen LogP) is 2.76. The van der Waals surface area contributed by atoms with Crippen molar-refractivity contribution in [3.63, 3.8) is 0 Å². The van der Waals surface area contributed by atoms with Crippen molar-refractivity contribution < 1.29 is 3.79 Å². The van der Waals surface area contributed by atoms with E-state index in [4.69, 9.17) is 3.79 Å². The molecule has 1 aliphatic heterocycles. The van der Waals surface area contributed by atoms with Crippen LogP contribution < -0.4 is 0 Å². The molecule has 0 atom stereocenters. The second kappa shape index (κ2) is 3.88. The Hall–Kier alpha value is 0.775. The molecule has 0 aromatic rings. The van der Waals surface area contributed by atoms with E-state index in [1.165, 1.54) is 6.42 Å². The van der Waals surface area contributed by atoms with Gasteiger partial charge in [-0.2, -0.15) is 0 Å². The van der Waals surface area contributed by atoms with Crippen molar-refractivity contribution in [2.45, 2.75) is 36.4 Å². The zero-order valence-corrected chi connectivity index (χ0v) is 12.2. The van der Waals surface area contributed by atoms with E-state index in [1.807, 2.05) is 3.27 Å². The van der Waals surface area contributed by atoms with Crippen LogP contribution in [0.4, 0.5) is 0 Å². The third-order valence-electron chi connectivity index (χ3n) is 2.52. The normalized spacial score (nSPS) is 20.2. The first kappa shape index (κ1) is 10.9. The van der Waals surface area contributed by atoms with Gasteiger partial charge in [0.2, 0.25) is 0 Å². The van der Waals surface area contributed by atoms with Gasteiger partial charge < -0.3 is 0 Å². The van der Waals surface area contributed by atoms with Crippen LogP contribution in [0.3, 0.4) is 0 Å². The molecule has 3 heteroatoms. The summed E-state index contributed by atoms with van der Waals surface area (Å²) in [6.07, 6.45) is 1.19. The Balaban J connectivity index is 2.96. The number of hydrogen-bond donors (Lipinski definition) is 0.